The normalized spacial score (nSPS) is 17.1. The van der Waals surface area contributed by atoms with Gasteiger partial charge in [0.2, 0.25) is 0 Å². The first-order chi connectivity index (χ1) is 12.4. The third-order valence-electron chi connectivity index (χ3n) is 4.02. The molecule has 0 bridgehead atoms. The summed E-state index contributed by atoms with van der Waals surface area (Å²) in [5, 5.41) is 2.47. The second kappa shape index (κ2) is 7.78. The number of anilines is 1. The molecule has 0 saturated carbocycles. The molecule has 1 N–H and O–H groups in total. The molecule has 0 spiro atoms. The van der Waals surface area contributed by atoms with Gasteiger partial charge in [0.25, 0.3) is 5.91 Å². The smallest absolute Gasteiger partial charge is 0.416 e. The van der Waals surface area contributed by atoms with E-state index in [0.29, 0.717) is 17.9 Å². The maximum Gasteiger partial charge on any atom is 0.416 e. The molecule has 1 aliphatic rings. The Labute approximate surface area is 148 Å². The highest BCUT2D eigenvalue weighted by Crippen LogP contribution is 2.30. The number of rotatable bonds is 5. The zero-order valence-corrected chi connectivity index (χ0v) is 13.9. The Morgan fingerprint density at radius 1 is 1.19 bits per heavy atom. The summed E-state index contributed by atoms with van der Waals surface area (Å²) in [4.78, 5) is 12.2. The number of carbonyl (C=O) groups excluding carboxylic acids is 1. The molecule has 1 fully saturated rings. The molecule has 1 atom stereocenters. The van der Waals surface area contributed by atoms with Crippen molar-refractivity contribution in [3.63, 3.8) is 0 Å². The molecule has 1 heterocycles. The summed E-state index contributed by atoms with van der Waals surface area (Å²) in [6, 6.07) is 10.9. The molecule has 7 heteroatoms. The number of ether oxygens (including phenoxy) is 2. The number of nitrogens with one attached hydrogen (secondary N) is 1. The van der Waals surface area contributed by atoms with Crippen LogP contribution in [0, 0.1) is 0 Å². The van der Waals surface area contributed by atoms with Gasteiger partial charge in [0.05, 0.1) is 11.7 Å². The summed E-state index contributed by atoms with van der Waals surface area (Å²) < 4.78 is 49.2. The Balaban J connectivity index is 1.59. The first-order valence-corrected chi connectivity index (χ1v) is 8.25. The molecule has 0 radical (unpaired) electrons. The molecule has 1 saturated heterocycles. The van der Waals surface area contributed by atoms with Gasteiger partial charge in [-0.2, -0.15) is 13.2 Å². The van der Waals surface area contributed by atoms with Crippen LogP contribution in [0.2, 0.25) is 0 Å². The molecule has 26 heavy (non-hydrogen) atoms. The van der Waals surface area contributed by atoms with Crippen LogP contribution in [0.4, 0.5) is 18.9 Å². The van der Waals surface area contributed by atoms with Crippen molar-refractivity contribution in [1.29, 1.82) is 0 Å². The molecule has 0 unspecified atom stereocenters. The maximum absolute atomic E-state index is 12.7. The van der Waals surface area contributed by atoms with E-state index in [1.165, 1.54) is 12.1 Å². The molecule has 1 amide bonds. The third kappa shape index (κ3) is 4.76. The summed E-state index contributed by atoms with van der Waals surface area (Å²) in [5.74, 6) is 0.117. The van der Waals surface area contributed by atoms with E-state index in [9.17, 15) is 18.0 Å². The first kappa shape index (κ1) is 18.3. The largest absolute Gasteiger partial charge is 0.491 e. The van der Waals surface area contributed by atoms with Crippen molar-refractivity contribution in [2.45, 2.75) is 25.1 Å². The molecular weight excluding hydrogens is 347 g/mol. The molecular formula is C19H18F3NO3. The Hall–Kier alpha value is -2.54. The lowest BCUT2D eigenvalue weighted by molar-refractivity contribution is -0.137. The van der Waals surface area contributed by atoms with Crippen molar-refractivity contribution in [2.75, 3.05) is 18.5 Å². The van der Waals surface area contributed by atoms with E-state index in [1.807, 2.05) is 0 Å². The quantitative estimate of drug-likeness (QED) is 0.848. The average molecular weight is 365 g/mol. The fourth-order valence-electron chi connectivity index (χ4n) is 2.64. The lowest BCUT2D eigenvalue weighted by Gasteiger charge is -2.12. The maximum atomic E-state index is 12.7. The summed E-state index contributed by atoms with van der Waals surface area (Å²) in [7, 11) is 0. The van der Waals surface area contributed by atoms with Gasteiger partial charge in [-0.1, -0.05) is 6.07 Å². The van der Waals surface area contributed by atoms with E-state index in [2.05, 4.69) is 5.32 Å². The van der Waals surface area contributed by atoms with E-state index >= 15 is 0 Å². The molecule has 2 aromatic carbocycles. The third-order valence-corrected chi connectivity index (χ3v) is 4.02. The van der Waals surface area contributed by atoms with Gasteiger partial charge in [0.15, 0.2) is 0 Å². The highest BCUT2D eigenvalue weighted by atomic mass is 19.4. The Morgan fingerprint density at radius 2 is 1.96 bits per heavy atom. The zero-order chi connectivity index (χ0) is 18.6. The van der Waals surface area contributed by atoms with Crippen LogP contribution >= 0.6 is 0 Å². The van der Waals surface area contributed by atoms with Gasteiger partial charge >= 0.3 is 6.18 Å². The standard InChI is InChI=1S/C19H18F3NO3/c20-19(21,22)14-3-1-4-15(11-14)23-18(24)13-6-8-16(9-7-13)26-12-17-5-2-10-25-17/h1,3-4,6-9,11,17H,2,5,10,12H2,(H,23,24)/t17-/m1/s1. The minimum atomic E-state index is -4.46. The van der Waals surface area contributed by atoms with E-state index in [-0.39, 0.29) is 11.8 Å². The number of hydrogen-bond acceptors (Lipinski definition) is 3. The van der Waals surface area contributed by atoms with Crippen molar-refractivity contribution in [1.82, 2.24) is 0 Å². The van der Waals surface area contributed by atoms with Crippen molar-refractivity contribution in [3.05, 3.63) is 59.7 Å². The SMILES string of the molecule is O=C(Nc1cccc(C(F)(F)F)c1)c1ccc(OC[C@H]2CCCO2)cc1. The summed E-state index contributed by atoms with van der Waals surface area (Å²) in [6.45, 7) is 1.21. The van der Waals surface area contributed by atoms with Crippen LogP contribution in [0.1, 0.15) is 28.8 Å². The minimum absolute atomic E-state index is 0.0866. The summed E-state index contributed by atoms with van der Waals surface area (Å²) in [5.41, 5.74) is -0.399. The van der Waals surface area contributed by atoms with Gasteiger partial charge in [-0.3, -0.25) is 4.79 Å². The van der Waals surface area contributed by atoms with Gasteiger partial charge in [0.1, 0.15) is 12.4 Å². The van der Waals surface area contributed by atoms with Crippen LogP contribution in [0.3, 0.4) is 0 Å². The molecule has 0 aliphatic carbocycles. The lowest BCUT2D eigenvalue weighted by Crippen LogP contribution is -2.16. The second-order valence-electron chi connectivity index (χ2n) is 6.00. The Morgan fingerprint density at radius 3 is 2.62 bits per heavy atom. The van der Waals surface area contributed by atoms with Crippen LogP contribution in [0.25, 0.3) is 0 Å². The predicted molar refractivity (Wildman–Crippen MR) is 90.3 cm³/mol. The topological polar surface area (TPSA) is 47.6 Å². The Kier molecular flexibility index (Phi) is 5.46. The minimum Gasteiger partial charge on any atom is -0.491 e. The molecule has 0 aromatic heterocycles. The molecule has 2 aromatic rings. The van der Waals surface area contributed by atoms with E-state index in [1.54, 1.807) is 24.3 Å². The highest BCUT2D eigenvalue weighted by Gasteiger charge is 2.30. The zero-order valence-electron chi connectivity index (χ0n) is 13.9. The summed E-state index contributed by atoms with van der Waals surface area (Å²) in [6.07, 6.45) is -2.36. The highest BCUT2D eigenvalue weighted by molar-refractivity contribution is 6.04. The molecule has 3 rings (SSSR count). The number of hydrogen-bond donors (Lipinski definition) is 1. The van der Waals surface area contributed by atoms with E-state index in [4.69, 9.17) is 9.47 Å². The van der Waals surface area contributed by atoms with Gasteiger partial charge in [-0.15, -0.1) is 0 Å². The number of halogens is 3. The molecule has 4 nitrogen and oxygen atoms in total. The van der Waals surface area contributed by atoms with Crippen LogP contribution in [0.5, 0.6) is 5.75 Å². The van der Waals surface area contributed by atoms with Crippen molar-refractivity contribution >= 4 is 11.6 Å². The fourth-order valence-corrected chi connectivity index (χ4v) is 2.64. The van der Waals surface area contributed by atoms with E-state index in [0.717, 1.165) is 31.6 Å². The Bertz CT molecular complexity index is 753. The predicted octanol–water partition coefficient (Wildman–Crippen LogP) is 4.52. The first-order valence-electron chi connectivity index (χ1n) is 8.25. The monoisotopic (exact) mass is 365 g/mol. The molecule has 138 valence electrons. The number of amides is 1. The average Bonchev–Trinajstić information content (AvgIpc) is 3.13. The lowest BCUT2D eigenvalue weighted by atomic mass is 10.1. The number of benzene rings is 2. The van der Waals surface area contributed by atoms with Crippen molar-refractivity contribution in [3.8, 4) is 5.75 Å². The van der Waals surface area contributed by atoms with Crippen LogP contribution in [0.15, 0.2) is 48.5 Å². The number of alkyl halides is 3. The van der Waals surface area contributed by atoms with Gasteiger partial charge in [0, 0.05) is 17.9 Å². The van der Waals surface area contributed by atoms with Crippen LogP contribution in [-0.4, -0.2) is 25.2 Å². The van der Waals surface area contributed by atoms with Gasteiger partial charge in [-0.25, -0.2) is 0 Å². The van der Waals surface area contributed by atoms with Crippen molar-refractivity contribution in [2.24, 2.45) is 0 Å². The van der Waals surface area contributed by atoms with Crippen LogP contribution < -0.4 is 10.1 Å². The second-order valence-corrected chi connectivity index (χ2v) is 6.00. The van der Waals surface area contributed by atoms with E-state index < -0.39 is 17.6 Å². The van der Waals surface area contributed by atoms with Gasteiger partial charge in [-0.05, 0) is 55.3 Å². The number of carbonyl (C=O) groups is 1. The fraction of sp³-hybridized carbons (Fsp3) is 0.316. The van der Waals surface area contributed by atoms with Crippen molar-refractivity contribution < 1.29 is 27.4 Å². The van der Waals surface area contributed by atoms with Gasteiger partial charge < -0.3 is 14.8 Å². The molecule has 1 aliphatic heterocycles. The van der Waals surface area contributed by atoms with Crippen LogP contribution in [-0.2, 0) is 10.9 Å². The summed E-state index contributed by atoms with van der Waals surface area (Å²) >= 11 is 0.